The summed E-state index contributed by atoms with van der Waals surface area (Å²) in [5.41, 5.74) is 0.929. The van der Waals surface area contributed by atoms with Gasteiger partial charge in [0, 0.05) is 5.56 Å². The number of aromatic amines is 1. The zero-order valence-corrected chi connectivity index (χ0v) is 6.80. The van der Waals surface area contributed by atoms with Crippen molar-refractivity contribution in [2.75, 3.05) is 0 Å². The van der Waals surface area contributed by atoms with E-state index in [1.165, 1.54) is 12.8 Å². The summed E-state index contributed by atoms with van der Waals surface area (Å²) in [6.45, 7) is 2.16. The molecule has 0 unspecified atom stereocenters. The largest absolute Gasteiger partial charge is 0.493 e. The van der Waals surface area contributed by atoms with Crippen LogP contribution in [0.4, 0.5) is 0 Å². The van der Waals surface area contributed by atoms with Crippen molar-refractivity contribution >= 4 is 0 Å². The normalized spacial score (nSPS) is 10.3. The Morgan fingerprint density at radius 2 is 2.36 bits per heavy atom. The molecule has 0 amide bonds. The highest BCUT2D eigenvalue weighted by atomic mass is 16.3. The van der Waals surface area contributed by atoms with Gasteiger partial charge in [-0.1, -0.05) is 19.8 Å². The van der Waals surface area contributed by atoms with Crippen LogP contribution in [0.5, 0.6) is 5.88 Å². The number of hydrogen-bond donors (Lipinski definition) is 2. The number of aromatic nitrogens is 2. The van der Waals surface area contributed by atoms with Crippen molar-refractivity contribution in [1.82, 2.24) is 10.2 Å². The Labute approximate surface area is 66.4 Å². The van der Waals surface area contributed by atoms with E-state index in [1.54, 1.807) is 6.20 Å². The number of hydrogen-bond acceptors (Lipinski definition) is 2. The molecule has 2 N–H and O–H groups in total. The second kappa shape index (κ2) is 4.01. The molecule has 11 heavy (non-hydrogen) atoms. The van der Waals surface area contributed by atoms with E-state index in [-0.39, 0.29) is 5.88 Å². The van der Waals surface area contributed by atoms with Crippen LogP contribution in [0.15, 0.2) is 6.20 Å². The van der Waals surface area contributed by atoms with Gasteiger partial charge in [-0.05, 0) is 12.8 Å². The predicted octanol–water partition coefficient (Wildman–Crippen LogP) is 1.85. The van der Waals surface area contributed by atoms with Crippen LogP contribution in [0, 0.1) is 0 Å². The van der Waals surface area contributed by atoms with Gasteiger partial charge in [-0.15, -0.1) is 0 Å². The van der Waals surface area contributed by atoms with Gasteiger partial charge in [0.05, 0.1) is 6.20 Å². The van der Waals surface area contributed by atoms with Crippen molar-refractivity contribution < 1.29 is 5.11 Å². The fourth-order valence-electron chi connectivity index (χ4n) is 1.05. The molecule has 1 aromatic rings. The molecule has 1 rings (SSSR count). The lowest BCUT2D eigenvalue weighted by atomic mass is 10.1. The Hall–Kier alpha value is -0.990. The lowest BCUT2D eigenvalue weighted by Gasteiger charge is -1.95. The number of nitrogens with one attached hydrogen (secondary N) is 1. The highest BCUT2D eigenvalue weighted by Crippen LogP contribution is 2.14. The number of H-pyrrole nitrogens is 1. The van der Waals surface area contributed by atoms with Gasteiger partial charge >= 0.3 is 0 Å². The highest BCUT2D eigenvalue weighted by Gasteiger charge is 2.00. The smallest absolute Gasteiger partial charge is 0.209 e. The second-order valence-corrected chi connectivity index (χ2v) is 2.70. The fraction of sp³-hybridized carbons (Fsp3) is 0.625. The third-order valence-corrected chi connectivity index (χ3v) is 1.74. The zero-order chi connectivity index (χ0) is 8.10. The average Bonchev–Trinajstić information content (AvgIpc) is 2.37. The molecule has 0 aliphatic carbocycles. The van der Waals surface area contributed by atoms with E-state index in [9.17, 15) is 0 Å². The van der Waals surface area contributed by atoms with E-state index in [1.807, 2.05) is 0 Å². The molecule has 0 aliphatic rings. The van der Waals surface area contributed by atoms with Crippen molar-refractivity contribution in [3.05, 3.63) is 11.8 Å². The monoisotopic (exact) mass is 154 g/mol. The topological polar surface area (TPSA) is 48.9 Å². The van der Waals surface area contributed by atoms with Crippen molar-refractivity contribution in [2.45, 2.75) is 32.6 Å². The molecule has 3 nitrogen and oxygen atoms in total. The van der Waals surface area contributed by atoms with Crippen molar-refractivity contribution in [1.29, 1.82) is 0 Å². The Morgan fingerprint density at radius 1 is 1.55 bits per heavy atom. The standard InChI is InChI=1S/C8H14N2O/c1-2-3-4-5-7-6-9-10-8(7)11/h6H,2-5H2,1H3,(H2,9,10,11). The maximum absolute atomic E-state index is 9.13. The molecule has 1 heterocycles. The van der Waals surface area contributed by atoms with E-state index in [2.05, 4.69) is 17.1 Å². The highest BCUT2D eigenvalue weighted by molar-refractivity contribution is 5.20. The predicted molar refractivity (Wildman–Crippen MR) is 43.5 cm³/mol. The summed E-state index contributed by atoms with van der Waals surface area (Å²) < 4.78 is 0. The van der Waals surface area contributed by atoms with E-state index in [0.29, 0.717) is 0 Å². The summed E-state index contributed by atoms with van der Waals surface area (Å²) in [5.74, 6) is 0.223. The Kier molecular flexibility index (Phi) is 2.95. The van der Waals surface area contributed by atoms with Crippen LogP contribution >= 0.6 is 0 Å². The number of aryl methyl sites for hydroxylation is 1. The minimum absolute atomic E-state index is 0.223. The summed E-state index contributed by atoms with van der Waals surface area (Å²) in [6, 6.07) is 0. The first-order chi connectivity index (χ1) is 5.34. The lowest BCUT2D eigenvalue weighted by molar-refractivity contribution is 0.445. The number of nitrogens with zero attached hydrogens (tertiary/aromatic N) is 1. The molecular formula is C8H14N2O. The molecule has 0 bridgehead atoms. The summed E-state index contributed by atoms with van der Waals surface area (Å²) >= 11 is 0. The lowest BCUT2D eigenvalue weighted by Crippen LogP contribution is -1.82. The molecule has 0 fully saturated rings. The molecule has 0 saturated heterocycles. The molecule has 3 heteroatoms. The Balaban J connectivity index is 2.32. The Bertz CT molecular complexity index is 208. The molecule has 0 aromatic carbocycles. The fourth-order valence-corrected chi connectivity index (χ4v) is 1.05. The molecule has 62 valence electrons. The van der Waals surface area contributed by atoms with Gasteiger partial charge in [-0.25, -0.2) is 5.10 Å². The number of aromatic hydroxyl groups is 1. The van der Waals surface area contributed by atoms with E-state index in [0.717, 1.165) is 18.4 Å². The maximum atomic E-state index is 9.13. The summed E-state index contributed by atoms with van der Waals surface area (Å²) in [5, 5.41) is 15.4. The third kappa shape index (κ3) is 2.26. The number of rotatable bonds is 4. The van der Waals surface area contributed by atoms with Gasteiger partial charge in [-0.2, -0.15) is 5.10 Å². The minimum atomic E-state index is 0.223. The molecular weight excluding hydrogens is 140 g/mol. The van der Waals surface area contributed by atoms with Crippen LogP contribution < -0.4 is 0 Å². The minimum Gasteiger partial charge on any atom is -0.493 e. The van der Waals surface area contributed by atoms with Crippen LogP contribution in [-0.4, -0.2) is 15.3 Å². The molecule has 0 saturated carbocycles. The quantitative estimate of drug-likeness (QED) is 0.650. The first-order valence-electron chi connectivity index (χ1n) is 4.05. The second-order valence-electron chi connectivity index (χ2n) is 2.70. The van der Waals surface area contributed by atoms with Crippen LogP contribution in [0.1, 0.15) is 31.7 Å². The van der Waals surface area contributed by atoms with Crippen molar-refractivity contribution in [2.24, 2.45) is 0 Å². The molecule has 0 atom stereocenters. The van der Waals surface area contributed by atoms with Gasteiger partial charge in [0.15, 0.2) is 0 Å². The first kappa shape index (κ1) is 8.11. The van der Waals surface area contributed by atoms with E-state index < -0.39 is 0 Å². The first-order valence-corrected chi connectivity index (χ1v) is 4.05. The van der Waals surface area contributed by atoms with Gasteiger partial charge in [0.25, 0.3) is 0 Å². The van der Waals surface area contributed by atoms with Crippen molar-refractivity contribution in [3.8, 4) is 5.88 Å². The van der Waals surface area contributed by atoms with E-state index in [4.69, 9.17) is 5.11 Å². The van der Waals surface area contributed by atoms with Gasteiger partial charge in [0.2, 0.25) is 5.88 Å². The number of unbranched alkanes of at least 4 members (excludes halogenated alkanes) is 2. The summed E-state index contributed by atoms with van der Waals surface area (Å²) in [7, 11) is 0. The van der Waals surface area contributed by atoms with Crippen LogP contribution in [-0.2, 0) is 6.42 Å². The van der Waals surface area contributed by atoms with Crippen molar-refractivity contribution in [3.63, 3.8) is 0 Å². The summed E-state index contributed by atoms with van der Waals surface area (Å²) in [6.07, 6.45) is 6.16. The third-order valence-electron chi connectivity index (χ3n) is 1.74. The van der Waals surface area contributed by atoms with E-state index >= 15 is 0 Å². The van der Waals surface area contributed by atoms with Gasteiger partial charge < -0.3 is 5.11 Å². The average molecular weight is 154 g/mol. The van der Waals surface area contributed by atoms with Crippen LogP contribution in [0.3, 0.4) is 0 Å². The Morgan fingerprint density at radius 3 is 2.91 bits per heavy atom. The molecule has 1 aromatic heterocycles. The molecule has 0 aliphatic heterocycles. The molecule has 0 spiro atoms. The van der Waals surface area contributed by atoms with Crippen LogP contribution in [0.25, 0.3) is 0 Å². The maximum Gasteiger partial charge on any atom is 0.209 e. The van der Waals surface area contributed by atoms with Gasteiger partial charge in [-0.3, -0.25) is 0 Å². The van der Waals surface area contributed by atoms with Crippen LogP contribution in [0.2, 0.25) is 0 Å². The zero-order valence-electron chi connectivity index (χ0n) is 6.80. The molecule has 0 radical (unpaired) electrons. The van der Waals surface area contributed by atoms with Gasteiger partial charge in [0.1, 0.15) is 0 Å². The summed E-state index contributed by atoms with van der Waals surface area (Å²) in [4.78, 5) is 0. The SMILES string of the molecule is CCCCCc1cn[nH]c1O.